The van der Waals surface area contributed by atoms with E-state index in [9.17, 15) is 0 Å². The Kier molecular flexibility index (Phi) is 8.16. The second kappa shape index (κ2) is 13.7. The normalized spacial score (nSPS) is 11.1. The first-order valence-corrected chi connectivity index (χ1v) is 17.4. The van der Waals surface area contributed by atoms with Gasteiger partial charge in [-0.15, -0.1) is 0 Å². The molecule has 0 N–H and O–H groups in total. The van der Waals surface area contributed by atoms with Crippen LogP contribution in [-0.4, -0.2) is 19.9 Å². The van der Waals surface area contributed by atoms with Crippen molar-refractivity contribution in [2.45, 2.75) is 0 Å². The lowest BCUT2D eigenvalue weighted by atomic mass is 9.97. The Hall–Kier alpha value is -7.04. The van der Waals surface area contributed by atoms with E-state index in [0.717, 1.165) is 72.7 Å². The van der Waals surface area contributed by atoms with Gasteiger partial charge in [0.15, 0.2) is 11.6 Å². The highest BCUT2D eigenvalue weighted by Gasteiger charge is 2.13. The molecule has 52 heavy (non-hydrogen) atoms. The van der Waals surface area contributed by atoms with E-state index in [1.54, 1.807) is 0 Å². The van der Waals surface area contributed by atoms with E-state index in [4.69, 9.17) is 19.9 Å². The Morgan fingerprint density at radius 1 is 0.212 bits per heavy atom. The molecule has 2 aromatic heterocycles. The smallest absolute Gasteiger partial charge is 0.160 e. The van der Waals surface area contributed by atoms with E-state index in [1.807, 2.05) is 72.8 Å². The van der Waals surface area contributed by atoms with Gasteiger partial charge in [0.25, 0.3) is 0 Å². The summed E-state index contributed by atoms with van der Waals surface area (Å²) in [6.45, 7) is 0. The number of hydrogen-bond acceptors (Lipinski definition) is 4. The molecule has 0 aliphatic heterocycles. The van der Waals surface area contributed by atoms with Crippen molar-refractivity contribution in [1.82, 2.24) is 19.9 Å². The zero-order valence-corrected chi connectivity index (χ0v) is 28.3. The number of rotatable bonds is 7. The molecule has 9 rings (SSSR count). The Balaban J connectivity index is 1.04. The van der Waals surface area contributed by atoms with Crippen LogP contribution in [0.5, 0.6) is 0 Å². The van der Waals surface area contributed by atoms with Gasteiger partial charge < -0.3 is 0 Å². The van der Waals surface area contributed by atoms with Crippen LogP contribution in [0.25, 0.3) is 89.7 Å². The third-order valence-corrected chi connectivity index (χ3v) is 9.31. The lowest BCUT2D eigenvalue weighted by Gasteiger charge is -2.11. The first kappa shape index (κ1) is 31.0. The van der Waals surface area contributed by atoms with Crippen molar-refractivity contribution in [1.29, 1.82) is 0 Å². The molecule has 244 valence electrons. The van der Waals surface area contributed by atoms with Crippen LogP contribution in [0.2, 0.25) is 0 Å². The molecule has 0 radical (unpaired) electrons. The monoisotopic (exact) mass is 664 g/mol. The van der Waals surface area contributed by atoms with E-state index in [1.165, 1.54) is 5.39 Å². The maximum atomic E-state index is 5.03. The lowest BCUT2D eigenvalue weighted by Crippen LogP contribution is -1.96. The Morgan fingerprint density at radius 2 is 0.519 bits per heavy atom. The molecule has 2 heterocycles. The second-order valence-corrected chi connectivity index (χ2v) is 12.7. The maximum absolute atomic E-state index is 5.03. The van der Waals surface area contributed by atoms with Crippen molar-refractivity contribution in [3.05, 3.63) is 194 Å². The molecule has 0 fully saturated rings. The minimum Gasteiger partial charge on any atom is -0.228 e. The fourth-order valence-electron chi connectivity index (χ4n) is 6.55. The molecule has 9 aromatic rings. The molecule has 0 saturated carbocycles. The van der Waals surface area contributed by atoms with E-state index < -0.39 is 0 Å². The second-order valence-electron chi connectivity index (χ2n) is 12.7. The van der Waals surface area contributed by atoms with Crippen LogP contribution in [-0.2, 0) is 0 Å². The average Bonchev–Trinajstić information content (AvgIpc) is 3.24. The van der Waals surface area contributed by atoms with Crippen molar-refractivity contribution >= 4 is 10.8 Å². The quantitative estimate of drug-likeness (QED) is 0.170. The molecule has 0 atom stereocenters. The first-order valence-electron chi connectivity index (χ1n) is 17.4. The van der Waals surface area contributed by atoms with Crippen molar-refractivity contribution in [2.24, 2.45) is 0 Å². The minimum atomic E-state index is 0.712. The standard InChI is InChI=1S/C48H32N4/c1-5-13-34(14-6-1)43-31-45(51-47(49-43)37-17-9-3-10-18-37)36-23-21-33(22-24-36)39-25-26-41-30-42(28-27-40(41)29-39)46-32-44(35-15-7-2-8-16-35)50-48(52-46)38-19-11-4-12-20-38/h1-32H. The van der Waals surface area contributed by atoms with Crippen molar-refractivity contribution in [3.63, 3.8) is 0 Å². The fourth-order valence-corrected chi connectivity index (χ4v) is 6.55. The SMILES string of the molecule is c1ccc(-c2cc(-c3ccc(-c4ccc5cc(-c6cc(-c7ccccc7)nc(-c7ccccc7)n6)ccc5c4)cc3)nc(-c3ccccc3)n2)cc1. The predicted octanol–water partition coefficient (Wildman–Crippen LogP) is 12.1. The predicted molar refractivity (Wildman–Crippen MR) is 213 cm³/mol. The van der Waals surface area contributed by atoms with Crippen molar-refractivity contribution in [3.8, 4) is 78.9 Å². The Bertz CT molecular complexity index is 2530. The van der Waals surface area contributed by atoms with Crippen LogP contribution >= 0.6 is 0 Å². The molecule has 0 aliphatic rings. The third-order valence-electron chi connectivity index (χ3n) is 9.31. The molecule has 0 bridgehead atoms. The summed E-state index contributed by atoms with van der Waals surface area (Å²) in [4.78, 5) is 19.9. The number of fused-ring (bicyclic) bond motifs is 1. The molecule has 0 spiro atoms. The van der Waals surface area contributed by atoms with Gasteiger partial charge in [-0.3, -0.25) is 0 Å². The van der Waals surface area contributed by atoms with Gasteiger partial charge in [-0.2, -0.15) is 0 Å². The van der Waals surface area contributed by atoms with Crippen LogP contribution in [0.1, 0.15) is 0 Å². The van der Waals surface area contributed by atoms with Gasteiger partial charge in [0, 0.05) is 33.4 Å². The van der Waals surface area contributed by atoms with Gasteiger partial charge in [0.1, 0.15) is 0 Å². The van der Waals surface area contributed by atoms with Gasteiger partial charge in [-0.05, 0) is 46.2 Å². The average molecular weight is 665 g/mol. The summed E-state index contributed by atoms with van der Waals surface area (Å²) in [5.74, 6) is 1.43. The van der Waals surface area contributed by atoms with Crippen LogP contribution < -0.4 is 0 Å². The van der Waals surface area contributed by atoms with Crippen molar-refractivity contribution < 1.29 is 0 Å². The summed E-state index contributed by atoms with van der Waals surface area (Å²) in [6.07, 6.45) is 0. The van der Waals surface area contributed by atoms with Gasteiger partial charge in [0.05, 0.1) is 22.8 Å². The van der Waals surface area contributed by atoms with Crippen LogP contribution in [0.15, 0.2) is 194 Å². The summed E-state index contributed by atoms with van der Waals surface area (Å²) in [7, 11) is 0. The highest BCUT2D eigenvalue weighted by Crippen LogP contribution is 2.33. The van der Waals surface area contributed by atoms with Gasteiger partial charge in [-0.25, -0.2) is 19.9 Å². The molecule has 7 aromatic carbocycles. The molecular weight excluding hydrogens is 633 g/mol. The van der Waals surface area contributed by atoms with Crippen LogP contribution in [0.3, 0.4) is 0 Å². The van der Waals surface area contributed by atoms with Gasteiger partial charge in [-0.1, -0.05) is 170 Å². The molecule has 0 saturated heterocycles. The highest BCUT2D eigenvalue weighted by molar-refractivity contribution is 5.91. The maximum Gasteiger partial charge on any atom is 0.160 e. The number of hydrogen-bond donors (Lipinski definition) is 0. The summed E-state index contributed by atoms with van der Waals surface area (Å²) < 4.78 is 0. The summed E-state index contributed by atoms with van der Waals surface area (Å²) in [5.41, 5.74) is 12.1. The first-order chi connectivity index (χ1) is 25.7. The Labute approximate surface area is 302 Å². The fraction of sp³-hybridized carbons (Fsp3) is 0. The van der Waals surface area contributed by atoms with Crippen LogP contribution in [0, 0.1) is 0 Å². The Morgan fingerprint density at radius 3 is 0.962 bits per heavy atom. The van der Waals surface area contributed by atoms with Crippen molar-refractivity contribution in [2.75, 3.05) is 0 Å². The highest BCUT2D eigenvalue weighted by atomic mass is 14.9. The lowest BCUT2D eigenvalue weighted by molar-refractivity contribution is 1.18. The summed E-state index contributed by atoms with van der Waals surface area (Å²) in [5, 5.41) is 2.32. The molecule has 0 unspecified atom stereocenters. The zero-order chi connectivity index (χ0) is 34.7. The summed E-state index contributed by atoms with van der Waals surface area (Å²) >= 11 is 0. The molecular formula is C48H32N4. The number of nitrogens with zero attached hydrogens (tertiary/aromatic N) is 4. The van der Waals surface area contributed by atoms with Gasteiger partial charge >= 0.3 is 0 Å². The van der Waals surface area contributed by atoms with E-state index >= 15 is 0 Å². The largest absolute Gasteiger partial charge is 0.228 e. The minimum absolute atomic E-state index is 0.712. The zero-order valence-electron chi connectivity index (χ0n) is 28.3. The third kappa shape index (κ3) is 6.37. The topological polar surface area (TPSA) is 51.6 Å². The number of benzene rings is 7. The molecule has 0 amide bonds. The number of aromatic nitrogens is 4. The summed E-state index contributed by atoms with van der Waals surface area (Å²) in [6, 6.07) is 66.9. The van der Waals surface area contributed by atoms with E-state index in [2.05, 4.69) is 121 Å². The molecule has 4 nitrogen and oxygen atoms in total. The van der Waals surface area contributed by atoms with Crippen LogP contribution in [0.4, 0.5) is 0 Å². The van der Waals surface area contributed by atoms with E-state index in [-0.39, 0.29) is 0 Å². The molecule has 0 aliphatic carbocycles. The van der Waals surface area contributed by atoms with E-state index in [0.29, 0.717) is 11.6 Å². The van der Waals surface area contributed by atoms with Gasteiger partial charge in [0.2, 0.25) is 0 Å². The molecule has 4 heteroatoms.